The van der Waals surface area contributed by atoms with Crippen molar-refractivity contribution >= 4 is 56.5 Å². The highest BCUT2D eigenvalue weighted by molar-refractivity contribution is 7.99. The first-order chi connectivity index (χ1) is 20.2. The Hall–Kier alpha value is -3.19. The summed E-state index contributed by atoms with van der Waals surface area (Å²) in [5.74, 6) is 1.57. The third kappa shape index (κ3) is 10.9. The second kappa shape index (κ2) is 15.9. The Morgan fingerprint density at radius 1 is 0.833 bits per heavy atom. The lowest BCUT2D eigenvalue weighted by molar-refractivity contribution is -0.119. The lowest BCUT2D eigenvalue weighted by Gasteiger charge is -2.23. The minimum Gasteiger partial charge on any atom is -0.360 e. The van der Waals surface area contributed by atoms with Crippen LogP contribution >= 0.6 is 34.4 Å². The number of carbonyl (C=O) groups excluding carboxylic acids is 2. The number of carbonyl (C=O) groups is 2. The summed E-state index contributed by atoms with van der Waals surface area (Å²) in [5.41, 5.74) is 1.89. The van der Waals surface area contributed by atoms with E-state index in [1.807, 2.05) is 60.7 Å². The zero-order chi connectivity index (χ0) is 29.8. The van der Waals surface area contributed by atoms with E-state index in [-0.39, 0.29) is 30.4 Å². The van der Waals surface area contributed by atoms with Gasteiger partial charge in [-0.15, -0.1) is 20.4 Å². The van der Waals surface area contributed by atoms with Crippen LogP contribution in [-0.2, 0) is 40.0 Å². The average molecular weight is 625 g/mol. The summed E-state index contributed by atoms with van der Waals surface area (Å²) in [4.78, 5) is 27.1. The van der Waals surface area contributed by atoms with Crippen molar-refractivity contribution in [3.8, 4) is 0 Å². The summed E-state index contributed by atoms with van der Waals surface area (Å²) >= 11 is 4.63. The summed E-state index contributed by atoms with van der Waals surface area (Å²) in [6.45, 7) is 6.96. The van der Waals surface area contributed by atoms with E-state index >= 15 is 0 Å². The van der Waals surface area contributed by atoms with Gasteiger partial charge in [-0.2, -0.15) is 11.8 Å². The first-order valence-corrected chi connectivity index (χ1v) is 16.5. The van der Waals surface area contributed by atoms with Crippen LogP contribution in [0.1, 0.15) is 41.9 Å². The van der Waals surface area contributed by atoms with E-state index in [0.29, 0.717) is 23.3 Å². The number of aromatic nitrogens is 4. The molecule has 0 bridgehead atoms. The molecule has 0 aliphatic carbocycles. The summed E-state index contributed by atoms with van der Waals surface area (Å²) < 4.78 is 5.89. The Bertz CT molecular complexity index is 1410. The SMILES string of the molecule is CC(C)(C)COCN(C(=O)Cc1ccccc1)c1nnc(CCSCCc2nnc(NC(=O)Cc3ccccc3)s2)s1. The molecule has 0 saturated carbocycles. The van der Waals surface area contributed by atoms with Gasteiger partial charge < -0.3 is 10.1 Å². The Morgan fingerprint density at radius 2 is 1.43 bits per heavy atom. The molecular weight excluding hydrogens is 589 g/mol. The monoisotopic (exact) mass is 624 g/mol. The molecule has 2 heterocycles. The highest BCUT2D eigenvalue weighted by atomic mass is 32.2. The summed E-state index contributed by atoms with van der Waals surface area (Å²) in [7, 11) is 0. The van der Waals surface area contributed by atoms with Crippen molar-refractivity contribution in [2.45, 2.75) is 46.5 Å². The van der Waals surface area contributed by atoms with Gasteiger partial charge in [0.25, 0.3) is 0 Å². The molecule has 2 aromatic carbocycles. The summed E-state index contributed by atoms with van der Waals surface area (Å²) in [6, 6.07) is 19.3. The van der Waals surface area contributed by atoms with Gasteiger partial charge in [-0.05, 0) is 28.0 Å². The van der Waals surface area contributed by atoms with Crippen LogP contribution in [0.15, 0.2) is 60.7 Å². The quantitative estimate of drug-likeness (QED) is 0.133. The highest BCUT2D eigenvalue weighted by Crippen LogP contribution is 2.24. The molecule has 0 unspecified atom stereocenters. The van der Waals surface area contributed by atoms with Crippen LogP contribution in [0.3, 0.4) is 0 Å². The molecule has 4 aromatic rings. The normalized spacial score (nSPS) is 11.4. The number of nitrogens with zero attached hydrogens (tertiary/aromatic N) is 5. The Kier molecular flexibility index (Phi) is 12.0. The second-order valence-corrected chi connectivity index (χ2v) is 14.2. The third-order valence-corrected chi connectivity index (χ3v) is 8.67. The smallest absolute Gasteiger partial charge is 0.235 e. The fraction of sp³-hybridized carbons (Fsp3) is 0.400. The van der Waals surface area contributed by atoms with Gasteiger partial charge in [-0.25, -0.2) is 0 Å². The van der Waals surface area contributed by atoms with Crippen LogP contribution in [0.2, 0.25) is 0 Å². The Labute approximate surface area is 259 Å². The lowest BCUT2D eigenvalue weighted by Crippen LogP contribution is -2.35. The van der Waals surface area contributed by atoms with Gasteiger partial charge in [0.05, 0.1) is 19.4 Å². The Morgan fingerprint density at radius 3 is 2.07 bits per heavy atom. The zero-order valence-corrected chi connectivity index (χ0v) is 26.6. The topological polar surface area (TPSA) is 110 Å². The molecule has 0 aliphatic heterocycles. The maximum absolute atomic E-state index is 13.2. The van der Waals surface area contributed by atoms with Gasteiger partial charge in [0.2, 0.25) is 22.1 Å². The minimum absolute atomic E-state index is 0.00970. The number of rotatable bonds is 15. The number of aryl methyl sites for hydroxylation is 2. The Balaban J connectivity index is 1.22. The first kappa shape index (κ1) is 31.7. The van der Waals surface area contributed by atoms with Crippen LogP contribution in [0, 0.1) is 5.41 Å². The van der Waals surface area contributed by atoms with Crippen molar-refractivity contribution in [1.82, 2.24) is 20.4 Å². The van der Waals surface area contributed by atoms with Gasteiger partial charge in [-0.1, -0.05) is 104 Å². The molecule has 222 valence electrons. The van der Waals surface area contributed by atoms with Crippen molar-refractivity contribution in [2.24, 2.45) is 5.41 Å². The number of nitrogens with one attached hydrogen (secondary N) is 1. The van der Waals surface area contributed by atoms with Crippen molar-refractivity contribution in [3.05, 3.63) is 81.8 Å². The molecule has 0 radical (unpaired) electrons. The van der Waals surface area contributed by atoms with Crippen LogP contribution < -0.4 is 10.2 Å². The van der Waals surface area contributed by atoms with Crippen LogP contribution in [0.4, 0.5) is 10.3 Å². The van der Waals surface area contributed by atoms with E-state index in [1.54, 1.807) is 16.7 Å². The molecular formula is C30H36N6O3S3. The predicted octanol–water partition coefficient (Wildman–Crippen LogP) is 5.69. The van der Waals surface area contributed by atoms with Crippen molar-refractivity contribution in [2.75, 3.05) is 35.1 Å². The number of thioether (sulfide) groups is 1. The summed E-state index contributed by atoms with van der Waals surface area (Å²) in [5, 5.41) is 22.7. The number of anilines is 2. The van der Waals surface area contributed by atoms with Gasteiger partial charge in [0.15, 0.2) is 0 Å². The molecule has 2 aromatic heterocycles. The molecule has 0 saturated heterocycles. The van der Waals surface area contributed by atoms with Crippen molar-refractivity contribution < 1.29 is 14.3 Å². The lowest BCUT2D eigenvalue weighted by atomic mass is 9.99. The van der Waals surface area contributed by atoms with Gasteiger partial charge in [-0.3, -0.25) is 14.5 Å². The molecule has 1 N–H and O–H groups in total. The number of benzene rings is 2. The fourth-order valence-electron chi connectivity index (χ4n) is 3.77. The van der Waals surface area contributed by atoms with Gasteiger partial charge in [0, 0.05) is 12.8 Å². The molecule has 9 nitrogen and oxygen atoms in total. The van der Waals surface area contributed by atoms with E-state index in [0.717, 1.165) is 45.5 Å². The van der Waals surface area contributed by atoms with E-state index < -0.39 is 0 Å². The zero-order valence-electron chi connectivity index (χ0n) is 24.1. The maximum atomic E-state index is 13.2. The second-order valence-electron chi connectivity index (χ2n) is 10.8. The standard InChI is InChI=1S/C30H36N6O3S3/c1-30(2,3)20-39-21-36(27(38)19-23-12-8-5-9-13-23)29-35-33-26(42-29)15-17-40-16-14-25-32-34-28(41-25)31-24(37)18-22-10-6-4-7-11-22/h4-13H,14-21H2,1-3H3,(H,31,34,37). The molecule has 42 heavy (non-hydrogen) atoms. The first-order valence-electron chi connectivity index (χ1n) is 13.7. The van der Waals surface area contributed by atoms with Crippen molar-refractivity contribution in [1.29, 1.82) is 0 Å². The number of hydrogen-bond donors (Lipinski definition) is 1. The highest BCUT2D eigenvalue weighted by Gasteiger charge is 2.22. The van der Waals surface area contributed by atoms with E-state index in [2.05, 4.69) is 46.5 Å². The van der Waals surface area contributed by atoms with Crippen LogP contribution in [-0.4, -0.2) is 57.1 Å². The fourth-order valence-corrected chi connectivity index (χ4v) is 6.50. The minimum atomic E-state index is -0.101. The number of amides is 2. The van der Waals surface area contributed by atoms with E-state index in [1.165, 1.54) is 22.7 Å². The van der Waals surface area contributed by atoms with Crippen LogP contribution in [0.25, 0.3) is 0 Å². The largest absolute Gasteiger partial charge is 0.360 e. The molecule has 0 aliphatic rings. The molecule has 4 rings (SSSR count). The number of ether oxygens (including phenoxy) is 1. The van der Waals surface area contributed by atoms with E-state index in [4.69, 9.17) is 4.74 Å². The molecule has 0 spiro atoms. The summed E-state index contributed by atoms with van der Waals surface area (Å²) in [6.07, 6.45) is 2.10. The van der Waals surface area contributed by atoms with Crippen LogP contribution in [0.5, 0.6) is 0 Å². The van der Waals surface area contributed by atoms with E-state index in [9.17, 15) is 9.59 Å². The third-order valence-electron chi connectivity index (χ3n) is 5.78. The maximum Gasteiger partial charge on any atom is 0.235 e. The predicted molar refractivity (Wildman–Crippen MR) is 171 cm³/mol. The van der Waals surface area contributed by atoms with Gasteiger partial charge >= 0.3 is 0 Å². The molecule has 12 heteroatoms. The van der Waals surface area contributed by atoms with Crippen molar-refractivity contribution in [3.63, 3.8) is 0 Å². The average Bonchev–Trinajstić information content (AvgIpc) is 3.61. The number of hydrogen-bond acceptors (Lipinski definition) is 10. The molecule has 0 atom stereocenters. The van der Waals surface area contributed by atoms with Gasteiger partial charge in [0.1, 0.15) is 16.7 Å². The molecule has 0 fully saturated rings. The molecule has 2 amide bonds.